The zero-order valence-corrected chi connectivity index (χ0v) is 9.37. The summed E-state index contributed by atoms with van der Waals surface area (Å²) in [5.41, 5.74) is 3.35. The number of hydrogen-bond acceptors (Lipinski definition) is 3. The third-order valence-electron chi connectivity index (χ3n) is 2.76. The maximum absolute atomic E-state index is 10.6. The minimum Gasteiger partial charge on any atom is -0.376 e. The number of allylic oxidation sites excluding steroid dienone is 1. The molecule has 0 heterocycles. The molecular formula is C12H14N2O2. The number of hydrogen-bond donors (Lipinski definition) is 2. The van der Waals surface area contributed by atoms with Gasteiger partial charge in [-0.1, -0.05) is 11.8 Å². The van der Waals surface area contributed by atoms with Gasteiger partial charge in [0.15, 0.2) is 0 Å². The predicted octanol–water partition coefficient (Wildman–Crippen LogP) is 0.476. The van der Waals surface area contributed by atoms with E-state index >= 15 is 0 Å². The molecule has 1 amide bonds. The Morgan fingerprint density at radius 1 is 1.62 bits per heavy atom. The Morgan fingerprint density at radius 3 is 2.56 bits per heavy atom. The van der Waals surface area contributed by atoms with E-state index in [2.05, 4.69) is 17.9 Å². The molecule has 0 bridgehead atoms. The van der Waals surface area contributed by atoms with Crippen LogP contribution in [0.5, 0.6) is 0 Å². The Bertz CT molecular complexity index is 440. The van der Waals surface area contributed by atoms with Crippen LogP contribution in [0, 0.1) is 28.6 Å². The van der Waals surface area contributed by atoms with Crippen molar-refractivity contribution in [2.75, 3.05) is 0 Å². The molecule has 16 heavy (non-hydrogen) atoms. The number of nitrogens with zero attached hydrogens (tertiary/aromatic N) is 1. The first-order valence-electron chi connectivity index (χ1n) is 4.97. The number of carbonyl (C=O) groups is 1. The van der Waals surface area contributed by atoms with E-state index in [1.54, 1.807) is 6.92 Å². The predicted molar refractivity (Wildman–Crippen MR) is 58.6 cm³/mol. The van der Waals surface area contributed by atoms with Gasteiger partial charge in [0.2, 0.25) is 5.91 Å². The summed E-state index contributed by atoms with van der Waals surface area (Å²) in [5.74, 6) is 4.69. The molecule has 1 atom stereocenters. The standard InChI is InChI=1S/C12H14N2O2/c1-9(7-10(14)15)3-4-11(2,16)12(8-13)5-6-12/h7,16H,5-6H2,1-2H3,(H2,14,15)/b9-7+/t11-/m0/s1. The minimum absolute atomic E-state index is 0.474. The highest BCUT2D eigenvalue weighted by Gasteiger charge is 2.56. The molecule has 0 spiro atoms. The van der Waals surface area contributed by atoms with Crippen LogP contribution in [-0.4, -0.2) is 16.6 Å². The van der Waals surface area contributed by atoms with Crippen LogP contribution in [0.3, 0.4) is 0 Å². The van der Waals surface area contributed by atoms with Crippen molar-refractivity contribution in [1.82, 2.24) is 0 Å². The number of amides is 1. The lowest BCUT2D eigenvalue weighted by Crippen LogP contribution is -2.33. The van der Waals surface area contributed by atoms with Gasteiger partial charge in [0.25, 0.3) is 0 Å². The molecule has 0 aromatic rings. The highest BCUT2D eigenvalue weighted by molar-refractivity contribution is 5.87. The molecule has 0 saturated heterocycles. The largest absolute Gasteiger partial charge is 0.376 e. The maximum atomic E-state index is 10.6. The molecule has 1 saturated carbocycles. The summed E-state index contributed by atoms with van der Waals surface area (Å²) < 4.78 is 0. The van der Waals surface area contributed by atoms with Gasteiger partial charge in [0.05, 0.1) is 11.5 Å². The Labute approximate surface area is 94.7 Å². The van der Waals surface area contributed by atoms with Crippen LogP contribution >= 0.6 is 0 Å². The van der Waals surface area contributed by atoms with E-state index in [1.165, 1.54) is 13.0 Å². The first-order valence-corrected chi connectivity index (χ1v) is 4.97. The van der Waals surface area contributed by atoms with Crippen molar-refractivity contribution in [2.45, 2.75) is 32.3 Å². The molecule has 1 rings (SSSR count). The van der Waals surface area contributed by atoms with Crippen molar-refractivity contribution < 1.29 is 9.90 Å². The minimum atomic E-state index is -1.34. The molecule has 0 aromatic heterocycles. The Morgan fingerprint density at radius 2 is 2.19 bits per heavy atom. The molecule has 0 aromatic carbocycles. The third kappa shape index (κ3) is 2.42. The second-order valence-electron chi connectivity index (χ2n) is 4.25. The van der Waals surface area contributed by atoms with Crippen molar-refractivity contribution in [1.29, 1.82) is 5.26 Å². The van der Waals surface area contributed by atoms with Gasteiger partial charge in [-0.05, 0) is 26.7 Å². The highest BCUT2D eigenvalue weighted by atomic mass is 16.3. The van der Waals surface area contributed by atoms with Gasteiger partial charge in [0, 0.05) is 11.6 Å². The van der Waals surface area contributed by atoms with Crippen LogP contribution < -0.4 is 5.73 Å². The number of rotatable bonds is 2. The Balaban J connectivity index is 2.86. The zero-order chi connectivity index (χ0) is 12.4. The molecule has 84 valence electrons. The number of carbonyl (C=O) groups excluding carboxylic acids is 1. The number of aliphatic hydroxyl groups is 1. The van der Waals surface area contributed by atoms with E-state index in [0.29, 0.717) is 18.4 Å². The quantitative estimate of drug-likeness (QED) is 0.522. The fraction of sp³-hybridized carbons (Fsp3) is 0.500. The van der Waals surface area contributed by atoms with E-state index in [9.17, 15) is 9.90 Å². The van der Waals surface area contributed by atoms with Gasteiger partial charge in [0.1, 0.15) is 5.60 Å². The molecular weight excluding hydrogens is 204 g/mol. The van der Waals surface area contributed by atoms with Crippen molar-refractivity contribution in [3.8, 4) is 17.9 Å². The Kier molecular flexibility index (Phi) is 3.07. The second-order valence-corrected chi connectivity index (χ2v) is 4.25. The van der Waals surface area contributed by atoms with Crippen LogP contribution in [0.4, 0.5) is 0 Å². The van der Waals surface area contributed by atoms with Gasteiger partial charge in [-0.2, -0.15) is 5.26 Å². The summed E-state index contributed by atoms with van der Waals surface area (Å²) in [6, 6.07) is 2.09. The monoisotopic (exact) mass is 218 g/mol. The molecule has 3 N–H and O–H groups in total. The molecule has 0 unspecified atom stereocenters. The van der Waals surface area contributed by atoms with Gasteiger partial charge in [-0.25, -0.2) is 0 Å². The molecule has 4 nitrogen and oxygen atoms in total. The van der Waals surface area contributed by atoms with Crippen molar-refractivity contribution in [2.24, 2.45) is 11.1 Å². The maximum Gasteiger partial charge on any atom is 0.242 e. The lowest BCUT2D eigenvalue weighted by Gasteiger charge is -2.21. The highest BCUT2D eigenvalue weighted by Crippen LogP contribution is 2.53. The topological polar surface area (TPSA) is 87.1 Å². The summed E-state index contributed by atoms with van der Waals surface area (Å²) in [6.07, 6.45) is 2.50. The number of primary amides is 1. The summed E-state index contributed by atoms with van der Waals surface area (Å²) in [7, 11) is 0. The van der Waals surface area contributed by atoms with E-state index in [-0.39, 0.29) is 0 Å². The second kappa shape index (κ2) is 4.00. The van der Waals surface area contributed by atoms with Crippen molar-refractivity contribution >= 4 is 5.91 Å². The third-order valence-corrected chi connectivity index (χ3v) is 2.76. The molecule has 0 radical (unpaired) electrons. The van der Waals surface area contributed by atoms with E-state index < -0.39 is 16.9 Å². The fourth-order valence-corrected chi connectivity index (χ4v) is 1.42. The summed E-state index contributed by atoms with van der Waals surface area (Å²) in [5, 5.41) is 19.0. The average molecular weight is 218 g/mol. The first kappa shape index (κ1) is 12.3. The van der Waals surface area contributed by atoms with Gasteiger partial charge >= 0.3 is 0 Å². The SMILES string of the molecule is C/C(C#C[C@](C)(O)C1(C#N)CC1)=C\C(N)=O. The fourth-order valence-electron chi connectivity index (χ4n) is 1.42. The molecule has 0 aliphatic heterocycles. The van der Waals surface area contributed by atoms with E-state index in [4.69, 9.17) is 11.0 Å². The normalized spacial score (nSPS) is 21.0. The Hall–Kier alpha value is -1.78. The molecule has 4 heteroatoms. The first-order chi connectivity index (χ1) is 7.33. The molecule has 1 aliphatic rings. The zero-order valence-electron chi connectivity index (χ0n) is 9.37. The van der Waals surface area contributed by atoms with Crippen molar-refractivity contribution in [3.63, 3.8) is 0 Å². The van der Waals surface area contributed by atoms with Gasteiger partial charge < -0.3 is 10.8 Å². The van der Waals surface area contributed by atoms with E-state index in [0.717, 1.165) is 0 Å². The smallest absolute Gasteiger partial charge is 0.242 e. The summed E-state index contributed by atoms with van der Waals surface area (Å²) in [6.45, 7) is 3.15. The molecule has 1 aliphatic carbocycles. The molecule has 1 fully saturated rings. The number of nitriles is 1. The van der Waals surface area contributed by atoms with E-state index in [1.807, 2.05) is 0 Å². The van der Waals surface area contributed by atoms with Crippen LogP contribution in [-0.2, 0) is 4.79 Å². The summed E-state index contributed by atoms with van der Waals surface area (Å²) >= 11 is 0. The lowest BCUT2D eigenvalue weighted by molar-refractivity contribution is -0.113. The van der Waals surface area contributed by atoms with Crippen LogP contribution in [0.2, 0.25) is 0 Å². The number of nitrogens with two attached hydrogens (primary N) is 1. The van der Waals surface area contributed by atoms with Crippen LogP contribution in [0.15, 0.2) is 11.6 Å². The van der Waals surface area contributed by atoms with Crippen LogP contribution in [0.1, 0.15) is 26.7 Å². The van der Waals surface area contributed by atoms with Crippen LogP contribution in [0.25, 0.3) is 0 Å². The lowest BCUT2D eigenvalue weighted by atomic mass is 9.87. The van der Waals surface area contributed by atoms with Gasteiger partial charge in [-0.15, -0.1) is 0 Å². The average Bonchev–Trinajstić information content (AvgIpc) is 2.94. The van der Waals surface area contributed by atoms with Crippen molar-refractivity contribution in [3.05, 3.63) is 11.6 Å². The van der Waals surface area contributed by atoms with Gasteiger partial charge in [-0.3, -0.25) is 4.79 Å². The summed E-state index contributed by atoms with van der Waals surface area (Å²) in [4.78, 5) is 10.6.